The van der Waals surface area contributed by atoms with E-state index in [1.54, 1.807) is 21.0 Å². The number of piperidine rings is 1. The molecule has 2 saturated heterocycles. The first-order valence-corrected chi connectivity index (χ1v) is 20.4. The lowest BCUT2D eigenvalue weighted by Crippen LogP contribution is -2.64. The Hall–Kier alpha value is -2.74. The summed E-state index contributed by atoms with van der Waals surface area (Å²) < 4.78 is 29.8. The Balaban J connectivity index is 1.77. The molecule has 1 aliphatic carbocycles. The van der Waals surface area contributed by atoms with Gasteiger partial charge in [-0.25, -0.2) is 4.79 Å². The zero-order chi connectivity index (χ0) is 40.6. The summed E-state index contributed by atoms with van der Waals surface area (Å²) in [5.41, 5.74) is 1.72. The van der Waals surface area contributed by atoms with Gasteiger partial charge in [0.25, 0.3) is 11.7 Å². The molecule has 12 nitrogen and oxygen atoms in total. The van der Waals surface area contributed by atoms with E-state index in [9.17, 15) is 29.4 Å². The van der Waals surface area contributed by atoms with Crippen LogP contribution < -0.4 is 0 Å². The van der Waals surface area contributed by atoms with Crippen LogP contribution in [0.3, 0.4) is 0 Å². The fraction of sp³-hybridized carbons (Fsp3) is 0.767. The Morgan fingerprint density at radius 3 is 2.35 bits per heavy atom. The van der Waals surface area contributed by atoms with Crippen molar-refractivity contribution in [3.05, 3.63) is 35.5 Å². The summed E-state index contributed by atoms with van der Waals surface area (Å²) in [7, 11) is 4.74. The molecule has 55 heavy (non-hydrogen) atoms. The first kappa shape index (κ1) is 45.0. The van der Waals surface area contributed by atoms with Gasteiger partial charge in [0.1, 0.15) is 24.0 Å². The minimum atomic E-state index is -2.49. The maximum absolute atomic E-state index is 14.3. The summed E-state index contributed by atoms with van der Waals surface area (Å²) in [4.78, 5) is 57.6. The molecule has 2 bridgehead atoms. The standard InChI is InChI=1S/C43H67NO11/c1-10-31-19-25(2)18-26(3)20-36(52-8)39-37(53-9)22-28(5)43(50,55-39)40(47)41(48)44-17-12-11-16-33(44)42(49)54-38(29(6)34(45)24-35(31)46)27(4)21-30-14-13-15-32(23-30)51-7/h13,15,19,21,26,28-34,36-39,45,50H,10-12,14,16-18,20,22-24H2,1-9H3/b25-19+,27-21+/t26-,28+,29+,30-,31+,32?,33-,34-,36-,37-,38-,39+,43+/m1/s1. The predicted octanol–water partition coefficient (Wildman–Crippen LogP) is 5.28. The number of carbonyl (C=O) groups is 4. The highest BCUT2D eigenvalue weighted by Crippen LogP contribution is 2.39. The van der Waals surface area contributed by atoms with Crippen molar-refractivity contribution in [3.63, 3.8) is 0 Å². The minimum absolute atomic E-state index is 0.0472. The van der Waals surface area contributed by atoms with Gasteiger partial charge in [-0.1, -0.05) is 57.6 Å². The number of aliphatic hydroxyl groups excluding tert-OH is 1. The van der Waals surface area contributed by atoms with E-state index in [-0.39, 0.29) is 49.5 Å². The first-order chi connectivity index (χ1) is 26.1. The van der Waals surface area contributed by atoms with Gasteiger partial charge in [-0.2, -0.15) is 0 Å². The van der Waals surface area contributed by atoms with Crippen LogP contribution in [0.5, 0.6) is 0 Å². The van der Waals surface area contributed by atoms with Gasteiger partial charge in [0.2, 0.25) is 5.79 Å². The third-order valence-electron chi connectivity index (χ3n) is 12.4. The number of hydrogen-bond donors (Lipinski definition) is 2. The van der Waals surface area contributed by atoms with Crippen LogP contribution in [0.1, 0.15) is 106 Å². The summed E-state index contributed by atoms with van der Waals surface area (Å²) in [6.45, 7) is 11.4. The molecular weight excluding hydrogens is 706 g/mol. The van der Waals surface area contributed by atoms with Crippen LogP contribution in [-0.4, -0.2) is 115 Å². The Labute approximate surface area is 328 Å². The van der Waals surface area contributed by atoms with Crippen molar-refractivity contribution in [1.82, 2.24) is 4.90 Å². The van der Waals surface area contributed by atoms with Gasteiger partial charge in [-0.3, -0.25) is 14.4 Å². The molecule has 0 aromatic rings. The van der Waals surface area contributed by atoms with Crippen molar-refractivity contribution < 1.29 is 53.1 Å². The SMILES string of the molecule is CC[C@H]1/C=C(\C)C[C@@H](C)C[C@@H](OC)[C@@H]2O[C@](O)(C(=O)C(=O)N3CCCC[C@@H]3C(=O)O[C@H](/C(C)=C/[C@H]3CC=CC(OC)C3)[C@@H](C)[C@H](O)CC1=O)[C@@H](C)C[C@H]2OC. The number of methoxy groups -OCH3 is 3. The molecule has 0 saturated carbocycles. The lowest BCUT2D eigenvalue weighted by atomic mass is 9.82. The second-order valence-corrected chi connectivity index (χ2v) is 16.7. The van der Waals surface area contributed by atoms with Gasteiger partial charge in [0.05, 0.1) is 24.4 Å². The molecule has 0 aromatic carbocycles. The van der Waals surface area contributed by atoms with Crippen molar-refractivity contribution in [2.24, 2.45) is 29.6 Å². The van der Waals surface area contributed by atoms with Gasteiger partial charge in [0, 0.05) is 52.0 Å². The normalized spacial score (nSPS) is 40.5. The number of esters is 1. The van der Waals surface area contributed by atoms with Gasteiger partial charge in [0.15, 0.2) is 0 Å². The van der Waals surface area contributed by atoms with Crippen LogP contribution in [0.15, 0.2) is 35.5 Å². The average molecular weight is 774 g/mol. The summed E-state index contributed by atoms with van der Waals surface area (Å²) >= 11 is 0. The highest BCUT2D eigenvalue weighted by atomic mass is 16.7. The van der Waals surface area contributed by atoms with E-state index in [4.69, 9.17) is 23.7 Å². The van der Waals surface area contributed by atoms with Crippen LogP contribution >= 0.6 is 0 Å². The van der Waals surface area contributed by atoms with Crippen LogP contribution in [-0.2, 0) is 42.9 Å². The Kier molecular flexibility index (Phi) is 16.4. The van der Waals surface area contributed by atoms with Crippen molar-refractivity contribution in [2.75, 3.05) is 27.9 Å². The molecule has 0 radical (unpaired) electrons. The fourth-order valence-corrected chi connectivity index (χ4v) is 9.03. The number of hydrogen-bond acceptors (Lipinski definition) is 11. The van der Waals surface area contributed by atoms with Crippen molar-refractivity contribution in [1.29, 1.82) is 0 Å². The molecule has 1 amide bonds. The van der Waals surface area contributed by atoms with E-state index < -0.39 is 77.8 Å². The highest BCUT2D eigenvalue weighted by Gasteiger charge is 2.56. The number of ether oxygens (including phenoxy) is 5. The van der Waals surface area contributed by atoms with Crippen molar-refractivity contribution in [2.45, 2.75) is 154 Å². The van der Waals surface area contributed by atoms with Crippen LogP contribution in [0.2, 0.25) is 0 Å². The number of allylic oxidation sites excluding steroid dienone is 4. The largest absolute Gasteiger partial charge is 0.456 e. The number of fused-ring (bicyclic) bond motifs is 3. The maximum Gasteiger partial charge on any atom is 0.329 e. The van der Waals surface area contributed by atoms with E-state index in [1.165, 1.54) is 19.1 Å². The molecule has 2 fully saturated rings. The molecule has 0 spiro atoms. The number of amides is 1. The van der Waals surface area contributed by atoms with Gasteiger partial charge >= 0.3 is 5.97 Å². The Morgan fingerprint density at radius 1 is 1.00 bits per heavy atom. The number of rotatable bonds is 6. The third-order valence-corrected chi connectivity index (χ3v) is 12.4. The molecule has 4 aliphatic rings. The molecule has 0 aromatic heterocycles. The van der Waals surface area contributed by atoms with Crippen molar-refractivity contribution >= 4 is 23.4 Å². The number of cyclic esters (lactones) is 1. The third kappa shape index (κ3) is 10.8. The van der Waals surface area contributed by atoms with Gasteiger partial charge in [-0.15, -0.1) is 0 Å². The highest BCUT2D eigenvalue weighted by molar-refractivity contribution is 6.39. The van der Waals surface area contributed by atoms with Gasteiger partial charge < -0.3 is 38.8 Å². The molecule has 310 valence electrons. The molecule has 3 heterocycles. The lowest BCUT2D eigenvalue weighted by molar-refractivity contribution is -0.302. The molecule has 12 heteroatoms. The zero-order valence-corrected chi connectivity index (χ0v) is 34.5. The Morgan fingerprint density at radius 2 is 1.69 bits per heavy atom. The monoisotopic (exact) mass is 773 g/mol. The lowest BCUT2D eigenvalue weighted by Gasteiger charge is -2.47. The molecule has 2 N–H and O–H groups in total. The topological polar surface area (TPSA) is 158 Å². The first-order valence-electron chi connectivity index (χ1n) is 20.4. The van der Waals surface area contributed by atoms with Crippen molar-refractivity contribution in [3.8, 4) is 0 Å². The van der Waals surface area contributed by atoms with Crippen LogP contribution in [0, 0.1) is 29.6 Å². The van der Waals surface area contributed by atoms with E-state index in [2.05, 4.69) is 13.0 Å². The zero-order valence-electron chi connectivity index (χ0n) is 34.5. The quantitative estimate of drug-likeness (QED) is 0.206. The van der Waals surface area contributed by atoms with E-state index in [1.807, 2.05) is 39.0 Å². The van der Waals surface area contributed by atoms with Crippen LogP contribution in [0.4, 0.5) is 0 Å². The second-order valence-electron chi connectivity index (χ2n) is 16.7. The predicted molar refractivity (Wildman–Crippen MR) is 207 cm³/mol. The van der Waals surface area contributed by atoms with Gasteiger partial charge in [-0.05, 0) is 89.0 Å². The summed E-state index contributed by atoms with van der Waals surface area (Å²) in [6.07, 6.45) is 8.71. The molecule has 13 atom stereocenters. The van der Waals surface area contributed by atoms with E-state index in [0.29, 0.717) is 37.7 Å². The summed E-state index contributed by atoms with van der Waals surface area (Å²) in [6, 6.07) is -1.11. The fourth-order valence-electron chi connectivity index (χ4n) is 9.03. The van der Waals surface area contributed by atoms with Crippen LogP contribution in [0.25, 0.3) is 0 Å². The second kappa shape index (κ2) is 20.1. The van der Waals surface area contributed by atoms with E-state index in [0.717, 1.165) is 18.4 Å². The maximum atomic E-state index is 14.3. The molecule has 1 unspecified atom stereocenters. The molecule has 4 rings (SSSR count). The minimum Gasteiger partial charge on any atom is -0.456 e. The molecular formula is C43H67NO11. The number of nitrogens with zero attached hydrogens (tertiary/aromatic N) is 1. The number of Topliss-reactive ketones (excluding diaryl/α,β-unsaturated/α-hetero) is 2. The summed E-state index contributed by atoms with van der Waals surface area (Å²) in [5.74, 6) is -7.23. The average Bonchev–Trinajstić information content (AvgIpc) is 3.17. The number of aliphatic hydroxyl groups is 2. The Bertz CT molecular complexity index is 1440. The van der Waals surface area contributed by atoms with E-state index >= 15 is 0 Å². The number of carbonyl (C=O) groups excluding carboxylic acids is 4. The number of ketones is 2. The smallest absolute Gasteiger partial charge is 0.329 e. The summed E-state index contributed by atoms with van der Waals surface area (Å²) in [5, 5.41) is 23.6. The molecule has 3 aliphatic heterocycles.